The second kappa shape index (κ2) is 11.4. The number of pyridine rings is 1. The van der Waals surface area contributed by atoms with Gasteiger partial charge in [-0.15, -0.1) is 53.0 Å². The maximum Gasteiger partial charge on any atom is 3.00 e. The van der Waals surface area contributed by atoms with E-state index in [0.29, 0.717) is 6.04 Å². The van der Waals surface area contributed by atoms with Gasteiger partial charge in [-0.3, -0.25) is 0 Å². The average Bonchev–Trinajstić information content (AvgIpc) is 3.73. The molecule has 0 saturated heterocycles. The molecule has 4 heterocycles. The van der Waals surface area contributed by atoms with E-state index < -0.39 is 0 Å². The van der Waals surface area contributed by atoms with Gasteiger partial charge in [0.05, 0.1) is 0 Å². The Bertz CT molecular complexity index is 2170. The van der Waals surface area contributed by atoms with Crippen LogP contribution in [0.4, 0.5) is 17.1 Å². The molecule has 0 unspecified atom stereocenters. The van der Waals surface area contributed by atoms with Crippen LogP contribution >= 0.6 is 0 Å². The number of anilines is 3. The van der Waals surface area contributed by atoms with Gasteiger partial charge in [0.15, 0.2) is 0 Å². The Morgan fingerprint density at radius 3 is 2.18 bits per heavy atom. The first-order valence-corrected chi connectivity index (χ1v) is 14.7. The first-order chi connectivity index (χ1) is 21.2. The van der Waals surface area contributed by atoms with Crippen molar-refractivity contribution < 1.29 is 20.1 Å². The predicted octanol–water partition coefficient (Wildman–Crippen LogP) is 9.67. The molecule has 8 aromatic rings. The second-order valence-corrected chi connectivity index (χ2v) is 11.1. The Balaban J connectivity index is 0.000000203. The summed E-state index contributed by atoms with van der Waals surface area (Å²) >= 11 is 0. The third kappa shape index (κ3) is 4.52. The first kappa shape index (κ1) is 28.1. The number of nitrogens with zero attached hydrogens (tertiary/aromatic N) is 4. The van der Waals surface area contributed by atoms with Crippen LogP contribution in [-0.2, 0) is 20.1 Å². The number of hydrogen-bond acceptors (Lipinski definition) is 3. The molecule has 44 heavy (non-hydrogen) atoms. The summed E-state index contributed by atoms with van der Waals surface area (Å²) < 4.78 is 2.40. The number of rotatable bonds is 3. The summed E-state index contributed by atoms with van der Waals surface area (Å²) in [5, 5.41) is 5.19. The van der Waals surface area contributed by atoms with E-state index in [1.54, 1.807) is 6.20 Å². The Hall–Kier alpha value is -4.70. The maximum absolute atomic E-state index is 4.22. The molecule has 0 spiro atoms. The molecule has 0 fully saturated rings. The van der Waals surface area contributed by atoms with Crippen molar-refractivity contribution in [3.63, 3.8) is 0 Å². The standard InChI is InChI=1S/C28H21N3.C11H8N.Ir/c1-18(2)29-17-30(27-13-6-5-12-26(27)29)19-14-15-25-23(16-19)22-10-7-9-21-20-8-3-4-11-24(20)31(25)28(21)22;1-2-6-10(7-3-1)11-8-4-5-9-12-11;/h3-13,15-18H,1-2H3;1-6,8-9H;/q-2;-1;+3. The molecule has 0 bridgehead atoms. The Morgan fingerprint density at radius 1 is 0.682 bits per heavy atom. The monoisotopic (exact) mass is 746 g/mol. The van der Waals surface area contributed by atoms with E-state index in [1.807, 2.05) is 42.5 Å². The van der Waals surface area contributed by atoms with Crippen molar-refractivity contribution in [3.8, 4) is 11.3 Å². The van der Waals surface area contributed by atoms with Crippen molar-refractivity contribution >= 4 is 55.2 Å². The fraction of sp³-hybridized carbons (Fsp3) is 0.0769. The third-order valence-corrected chi connectivity index (χ3v) is 8.26. The summed E-state index contributed by atoms with van der Waals surface area (Å²) in [6.07, 6.45) is 1.79. The van der Waals surface area contributed by atoms with E-state index in [-0.39, 0.29) is 20.1 Å². The van der Waals surface area contributed by atoms with Gasteiger partial charge in [-0.2, -0.15) is 18.8 Å². The van der Waals surface area contributed by atoms with Crippen LogP contribution in [0.15, 0.2) is 128 Å². The topological polar surface area (TPSA) is 23.8 Å². The van der Waals surface area contributed by atoms with Crippen molar-refractivity contribution in [3.05, 3.63) is 146 Å². The van der Waals surface area contributed by atoms with Gasteiger partial charge in [0.25, 0.3) is 0 Å². The molecule has 4 nitrogen and oxygen atoms in total. The molecule has 1 aliphatic rings. The zero-order valence-corrected chi connectivity index (χ0v) is 26.8. The van der Waals surface area contributed by atoms with Crippen molar-refractivity contribution in [1.29, 1.82) is 0 Å². The smallest absolute Gasteiger partial charge is 0.499 e. The van der Waals surface area contributed by atoms with Crippen LogP contribution in [0, 0.1) is 18.8 Å². The Morgan fingerprint density at radius 2 is 1.41 bits per heavy atom. The summed E-state index contributed by atoms with van der Waals surface area (Å²) in [5.74, 6) is 0. The maximum atomic E-state index is 4.22. The Labute approximate surface area is 270 Å². The molecule has 5 aromatic carbocycles. The van der Waals surface area contributed by atoms with E-state index in [9.17, 15) is 0 Å². The van der Waals surface area contributed by atoms with Crippen LogP contribution in [0.25, 0.3) is 49.4 Å². The molecule has 0 saturated carbocycles. The van der Waals surface area contributed by atoms with E-state index >= 15 is 0 Å². The van der Waals surface area contributed by atoms with Crippen LogP contribution in [-0.4, -0.2) is 15.4 Å². The molecule has 3 aromatic heterocycles. The van der Waals surface area contributed by atoms with Crippen molar-refractivity contribution in [2.45, 2.75) is 19.9 Å². The molecule has 0 amide bonds. The molecular weight excluding hydrogens is 717 g/mol. The second-order valence-electron chi connectivity index (χ2n) is 11.1. The number of fused-ring (bicyclic) bond motifs is 7. The largest absolute Gasteiger partial charge is 3.00 e. The third-order valence-electron chi connectivity index (χ3n) is 8.26. The molecule has 0 N–H and O–H groups in total. The normalized spacial score (nSPS) is 12.6. The molecular formula is C39H29IrN4. The molecule has 0 radical (unpaired) electrons. The summed E-state index contributed by atoms with van der Waals surface area (Å²) in [5.41, 5.74) is 9.30. The molecule has 0 atom stereocenters. The quantitative estimate of drug-likeness (QED) is 0.169. The number of aromatic nitrogens is 2. The van der Waals surface area contributed by atoms with Crippen molar-refractivity contribution in [1.82, 2.24) is 9.38 Å². The van der Waals surface area contributed by atoms with Crippen LogP contribution in [0.1, 0.15) is 13.8 Å². The zero-order valence-electron chi connectivity index (χ0n) is 24.4. The number of para-hydroxylation sites is 4. The van der Waals surface area contributed by atoms with Gasteiger partial charge < -0.3 is 19.2 Å². The van der Waals surface area contributed by atoms with E-state index in [2.05, 4.69) is 131 Å². The van der Waals surface area contributed by atoms with Gasteiger partial charge in [0, 0.05) is 39.4 Å². The van der Waals surface area contributed by atoms with E-state index in [0.717, 1.165) is 16.9 Å². The van der Waals surface area contributed by atoms with Crippen LogP contribution < -0.4 is 9.80 Å². The SMILES string of the molecule is CC(C)N1[CH-]N(c2[c-]cc3c(c2)c2cccc4c5ccccc5n3c24)c2ccccc21.[Ir+3].[c-]1ccccc1-c1ccccn1. The van der Waals surface area contributed by atoms with E-state index in [1.165, 1.54) is 49.5 Å². The van der Waals surface area contributed by atoms with Crippen molar-refractivity contribution in [2.24, 2.45) is 0 Å². The number of benzene rings is 5. The summed E-state index contributed by atoms with van der Waals surface area (Å²) in [6.45, 7) is 6.66. The molecule has 214 valence electrons. The number of hydrogen-bond donors (Lipinski definition) is 0. The average molecular weight is 746 g/mol. The van der Waals surface area contributed by atoms with Crippen LogP contribution in [0.5, 0.6) is 0 Å². The predicted molar refractivity (Wildman–Crippen MR) is 179 cm³/mol. The minimum absolute atomic E-state index is 0. The Kier molecular flexibility index (Phi) is 7.29. The van der Waals surface area contributed by atoms with Gasteiger partial charge in [-0.25, -0.2) is 0 Å². The fourth-order valence-electron chi connectivity index (χ4n) is 6.31. The van der Waals surface area contributed by atoms with Crippen LogP contribution in [0.3, 0.4) is 0 Å². The molecule has 5 heteroatoms. The van der Waals surface area contributed by atoms with Gasteiger partial charge in [0.2, 0.25) is 0 Å². The molecule has 1 aliphatic heterocycles. The summed E-state index contributed by atoms with van der Waals surface area (Å²) in [6, 6.07) is 49.2. The fourth-order valence-corrected chi connectivity index (χ4v) is 6.31. The van der Waals surface area contributed by atoms with Gasteiger partial charge >= 0.3 is 20.1 Å². The van der Waals surface area contributed by atoms with Gasteiger partial charge in [-0.1, -0.05) is 66.2 Å². The van der Waals surface area contributed by atoms with E-state index in [4.69, 9.17) is 0 Å². The minimum atomic E-state index is 0. The molecule has 0 aliphatic carbocycles. The minimum Gasteiger partial charge on any atom is -0.499 e. The van der Waals surface area contributed by atoms with Crippen molar-refractivity contribution in [2.75, 3.05) is 9.80 Å². The first-order valence-electron chi connectivity index (χ1n) is 14.7. The molecule has 9 rings (SSSR count). The zero-order chi connectivity index (χ0) is 28.9. The summed E-state index contributed by atoms with van der Waals surface area (Å²) in [7, 11) is 0. The summed E-state index contributed by atoms with van der Waals surface area (Å²) in [4.78, 5) is 8.81. The van der Waals surface area contributed by atoms with Crippen LogP contribution in [0.2, 0.25) is 0 Å². The van der Waals surface area contributed by atoms with Gasteiger partial charge in [0.1, 0.15) is 0 Å². The van der Waals surface area contributed by atoms with Gasteiger partial charge in [-0.05, 0) is 55.2 Å².